The Morgan fingerprint density at radius 2 is 1.81 bits per heavy atom. The molecule has 1 aliphatic rings. The van der Waals surface area contributed by atoms with E-state index in [1.165, 1.54) is 0 Å². The zero-order valence-electron chi connectivity index (χ0n) is 10.0. The second-order valence-corrected chi connectivity index (χ2v) is 6.91. The summed E-state index contributed by atoms with van der Waals surface area (Å²) >= 11 is 5.62. The Kier molecular flexibility index (Phi) is 5.50. The summed E-state index contributed by atoms with van der Waals surface area (Å²) in [5, 5.41) is -0.480. The lowest BCUT2D eigenvalue weighted by molar-refractivity contribution is 0.188. The highest BCUT2D eigenvalue weighted by Crippen LogP contribution is 2.13. The first-order valence-corrected chi connectivity index (χ1v) is 7.83. The lowest BCUT2D eigenvalue weighted by Crippen LogP contribution is -2.51. The van der Waals surface area contributed by atoms with Crippen molar-refractivity contribution in [2.75, 3.05) is 38.6 Å². The molecule has 0 radical (unpaired) electrons. The molecule has 0 aromatic carbocycles. The van der Waals surface area contributed by atoms with Gasteiger partial charge in [-0.2, -0.15) is 4.31 Å². The lowest BCUT2D eigenvalue weighted by atomic mass is 10.3. The summed E-state index contributed by atoms with van der Waals surface area (Å²) in [5.41, 5.74) is 0. The van der Waals surface area contributed by atoms with E-state index in [1.54, 1.807) is 11.2 Å². The minimum atomic E-state index is -3.18. The topological polar surface area (TPSA) is 40.6 Å². The van der Waals surface area contributed by atoms with Crippen LogP contribution in [-0.2, 0) is 10.0 Å². The Hall–Kier alpha value is 0.160. The van der Waals surface area contributed by atoms with Crippen molar-refractivity contribution in [3.63, 3.8) is 0 Å². The first-order valence-electron chi connectivity index (χ1n) is 5.79. The first kappa shape index (κ1) is 14.2. The predicted octanol–water partition coefficient (Wildman–Crippen LogP) is 0.971. The molecule has 0 saturated carbocycles. The highest BCUT2D eigenvalue weighted by atomic mass is 35.5. The molecule has 1 saturated heterocycles. The molecule has 4 nitrogen and oxygen atoms in total. The number of hydrogen-bond acceptors (Lipinski definition) is 3. The molecule has 1 rings (SSSR count). The van der Waals surface area contributed by atoms with Crippen molar-refractivity contribution in [1.29, 1.82) is 0 Å². The average molecular weight is 269 g/mol. The minimum Gasteiger partial charge on any atom is -0.301 e. The Labute approximate surface area is 104 Å². The lowest BCUT2D eigenvalue weighted by Gasteiger charge is -2.34. The number of hydrogen-bond donors (Lipinski definition) is 0. The van der Waals surface area contributed by atoms with E-state index in [-0.39, 0.29) is 5.88 Å². The van der Waals surface area contributed by atoms with E-state index in [0.29, 0.717) is 13.1 Å². The molecule has 1 heterocycles. The summed E-state index contributed by atoms with van der Waals surface area (Å²) in [5.74, 6) is 0.164. The zero-order valence-corrected chi connectivity index (χ0v) is 11.6. The molecule has 16 heavy (non-hydrogen) atoms. The number of rotatable bonds is 5. The minimum absolute atomic E-state index is 0.164. The molecule has 1 aliphatic heterocycles. The molecule has 6 heteroatoms. The van der Waals surface area contributed by atoms with Crippen LogP contribution in [0, 0.1) is 0 Å². The zero-order chi connectivity index (χ0) is 12.2. The van der Waals surface area contributed by atoms with Crippen LogP contribution in [0.25, 0.3) is 0 Å². The highest BCUT2D eigenvalue weighted by molar-refractivity contribution is 7.89. The summed E-state index contributed by atoms with van der Waals surface area (Å²) in [6.07, 6.45) is 1.12. The van der Waals surface area contributed by atoms with Gasteiger partial charge in [-0.05, 0) is 19.9 Å². The Bertz CT molecular complexity index is 300. The first-order chi connectivity index (χ1) is 7.52. The van der Waals surface area contributed by atoms with E-state index < -0.39 is 15.3 Å². The number of sulfonamides is 1. The maximum absolute atomic E-state index is 12.0. The molecule has 0 spiro atoms. The van der Waals surface area contributed by atoms with Gasteiger partial charge in [-0.3, -0.25) is 0 Å². The van der Waals surface area contributed by atoms with Gasteiger partial charge in [0.1, 0.15) is 0 Å². The molecule has 0 bridgehead atoms. The molecule has 0 N–H and O–H groups in total. The van der Waals surface area contributed by atoms with Crippen molar-refractivity contribution in [3.05, 3.63) is 0 Å². The average Bonchev–Trinajstić information content (AvgIpc) is 2.29. The van der Waals surface area contributed by atoms with Crippen molar-refractivity contribution >= 4 is 21.6 Å². The molecule has 1 fully saturated rings. The summed E-state index contributed by atoms with van der Waals surface area (Å²) in [6.45, 7) is 7.73. The smallest absolute Gasteiger partial charge is 0.217 e. The number of alkyl halides is 1. The molecule has 0 aliphatic carbocycles. The van der Waals surface area contributed by atoms with E-state index in [9.17, 15) is 8.42 Å². The van der Waals surface area contributed by atoms with E-state index in [0.717, 1.165) is 26.1 Å². The van der Waals surface area contributed by atoms with Gasteiger partial charge in [0.15, 0.2) is 0 Å². The molecular weight excluding hydrogens is 248 g/mol. The van der Waals surface area contributed by atoms with Crippen LogP contribution >= 0.6 is 11.6 Å². The number of halogens is 1. The van der Waals surface area contributed by atoms with Gasteiger partial charge in [0.2, 0.25) is 10.0 Å². The molecule has 1 unspecified atom stereocenters. The van der Waals surface area contributed by atoms with Crippen LogP contribution in [0.5, 0.6) is 0 Å². The summed E-state index contributed by atoms with van der Waals surface area (Å²) in [7, 11) is -3.18. The molecule has 0 aromatic heterocycles. The van der Waals surface area contributed by atoms with Crippen LogP contribution < -0.4 is 0 Å². The second kappa shape index (κ2) is 6.19. The fourth-order valence-electron chi connectivity index (χ4n) is 1.86. The van der Waals surface area contributed by atoms with E-state index in [2.05, 4.69) is 11.8 Å². The Morgan fingerprint density at radius 3 is 2.25 bits per heavy atom. The molecular formula is C10H21ClN2O2S. The highest BCUT2D eigenvalue weighted by Gasteiger charge is 2.30. The standard InChI is InChI=1S/C10H21ClN2O2S/c1-3-4-12-5-7-13(8-6-12)16(14,15)10(2)9-11/h10H,3-9H2,1-2H3. The van der Waals surface area contributed by atoms with Crippen LogP contribution in [0.3, 0.4) is 0 Å². The Balaban J connectivity index is 2.53. The summed E-state index contributed by atoms with van der Waals surface area (Å²) in [6, 6.07) is 0. The molecule has 1 atom stereocenters. The third-order valence-electron chi connectivity index (χ3n) is 2.96. The van der Waals surface area contributed by atoms with Crippen molar-refractivity contribution in [3.8, 4) is 0 Å². The van der Waals surface area contributed by atoms with Gasteiger partial charge >= 0.3 is 0 Å². The van der Waals surface area contributed by atoms with Gasteiger partial charge in [-0.25, -0.2) is 8.42 Å². The van der Waals surface area contributed by atoms with Crippen molar-refractivity contribution in [2.45, 2.75) is 25.5 Å². The largest absolute Gasteiger partial charge is 0.301 e. The number of nitrogens with zero attached hydrogens (tertiary/aromatic N) is 2. The molecule has 96 valence electrons. The fraction of sp³-hybridized carbons (Fsp3) is 1.00. The van der Waals surface area contributed by atoms with Gasteiger partial charge < -0.3 is 4.90 Å². The van der Waals surface area contributed by atoms with Gasteiger partial charge in [-0.15, -0.1) is 11.6 Å². The van der Waals surface area contributed by atoms with Crippen LogP contribution in [0.2, 0.25) is 0 Å². The van der Waals surface area contributed by atoms with Crippen molar-refractivity contribution in [2.24, 2.45) is 0 Å². The SMILES string of the molecule is CCCN1CCN(S(=O)(=O)C(C)CCl)CC1. The summed E-state index contributed by atoms with van der Waals surface area (Å²) in [4.78, 5) is 2.30. The van der Waals surface area contributed by atoms with Crippen LogP contribution in [-0.4, -0.2) is 61.5 Å². The van der Waals surface area contributed by atoms with Gasteiger partial charge in [0, 0.05) is 32.1 Å². The van der Waals surface area contributed by atoms with E-state index in [1.807, 2.05) is 0 Å². The third kappa shape index (κ3) is 3.32. The van der Waals surface area contributed by atoms with Gasteiger partial charge in [0.05, 0.1) is 5.25 Å². The number of piperazine rings is 1. The Morgan fingerprint density at radius 1 is 1.25 bits per heavy atom. The van der Waals surface area contributed by atoms with Gasteiger partial charge in [-0.1, -0.05) is 6.92 Å². The van der Waals surface area contributed by atoms with E-state index >= 15 is 0 Å². The quantitative estimate of drug-likeness (QED) is 0.698. The maximum atomic E-state index is 12.0. The maximum Gasteiger partial charge on any atom is 0.217 e. The van der Waals surface area contributed by atoms with Crippen LogP contribution in [0.1, 0.15) is 20.3 Å². The predicted molar refractivity (Wildman–Crippen MR) is 67.4 cm³/mol. The molecule has 0 aromatic rings. The van der Waals surface area contributed by atoms with Crippen LogP contribution in [0.15, 0.2) is 0 Å². The van der Waals surface area contributed by atoms with E-state index in [4.69, 9.17) is 11.6 Å². The monoisotopic (exact) mass is 268 g/mol. The van der Waals surface area contributed by atoms with Gasteiger partial charge in [0.25, 0.3) is 0 Å². The second-order valence-electron chi connectivity index (χ2n) is 4.25. The molecule has 0 amide bonds. The van der Waals surface area contributed by atoms with Crippen molar-refractivity contribution < 1.29 is 8.42 Å². The fourth-order valence-corrected chi connectivity index (χ4v) is 3.68. The van der Waals surface area contributed by atoms with Crippen LogP contribution in [0.4, 0.5) is 0 Å². The summed E-state index contributed by atoms with van der Waals surface area (Å²) < 4.78 is 25.6. The van der Waals surface area contributed by atoms with Crippen molar-refractivity contribution in [1.82, 2.24) is 9.21 Å². The third-order valence-corrected chi connectivity index (χ3v) is 5.87. The normalized spacial score (nSPS) is 22.2.